The van der Waals surface area contributed by atoms with Crippen LogP contribution in [0.2, 0.25) is 0 Å². The second-order valence-corrected chi connectivity index (χ2v) is 4.50. The summed E-state index contributed by atoms with van der Waals surface area (Å²) >= 11 is 1.28. The lowest BCUT2D eigenvalue weighted by atomic mass is 10.4. The molecule has 0 aromatic carbocycles. The third kappa shape index (κ3) is 4.23. The number of amides is 1. The van der Waals surface area contributed by atoms with Gasteiger partial charge in [-0.3, -0.25) is 4.79 Å². The maximum Gasteiger partial charge on any atom is 0.284 e. The Balaban J connectivity index is 2.58. The predicted molar refractivity (Wildman–Crippen MR) is 72.1 cm³/mol. The summed E-state index contributed by atoms with van der Waals surface area (Å²) in [7, 11) is 0. The van der Waals surface area contributed by atoms with Crippen molar-refractivity contribution < 1.29 is 9.53 Å². The fraction of sp³-hybridized carbons (Fsp3) is 0.727. The van der Waals surface area contributed by atoms with Gasteiger partial charge in [-0.05, 0) is 20.8 Å². The molecule has 0 radical (unpaired) electrons. The van der Waals surface area contributed by atoms with E-state index in [2.05, 4.69) is 15.5 Å². The molecule has 0 fully saturated rings. The van der Waals surface area contributed by atoms with Crippen molar-refractivity contribution in [1.29, 1.82) is 0 Å². The lowest BCUT2D eigenvalue weighted by Gasteiger charge is -2.18. The van der Waals surface area contributed by atoms with E-state index >= 15 is 0 Å². The number of nitrogens with one attached hydrogen (secondary N) is 1. The number of ether oxygens (including phenoxy) is 1. The van der Waals surface area contributed by atoms with Gasteiger partial charge in [-0.25, -0.2) is 0 Å². The van der Waals surface area contributed by atoms with E-state index in [4.69, 9.17) is 4.74 Å². The topological polar surface area (TPSA) is 67.4 Å². The van der Waals surface area contributed by atoms with Gasteiger partial charge in [-0.2, -0.15) is 0 Å². The summed E-state index contributed by atoms with van der Waals surface area (Å²) in [6, 6.07) is 0. The van der Waals surface area contributed by atoms with Crippen LogP contribution >= 0.6 is 11.3 Å². The van der Waals surface area contributed by atoms with E-state index in [1.54, 1.807) is 4.90 Å². The van der Waals surface area contributed by atoms with E-state index in [-0.39, 0.29) is 5.91 Å². The molecule has 7 heteroatoms. The van der Waals surface area contributed by atoms with E-state index in [1.165, 1.54) is 11.3 Å². The zero-order valence-electron chi connectivity index (χ0n) is 11.1. The van der Waals surface area contributed by atoms with Gasteiger partial charge in [-0.1, -0.05) is 11.3 Å². The summed E-state index contributed by atoms with van der Waals surface area (Å²) in [5.74, 6) is -0.0844. The first-order valence-corrected chi connectivity index (χ1v) is 6.98. The van der Waals surface area contributed by atoms with Crippen LogP contribution < -0.4 is 5.32 Å². The van der Waals surface area contributed by atoms with Crippen molar-refractivity contribution in [3.63, 3.8) is 0 Å². The second kappa shape index (κ2) is 7.99. The average molecular weight is 272 g/mol. The van der Waals surface area contributed by atoms with Crippen LogP contribution in [0.15, 0.2) is 0 Å². The van der Waals surface area contributed by atoms with Crippen LogP contribution in [0.3, 0.4) is 0 Å². The molecule has 1 heterocycles. The molecule has 0 unspecified atom stereocenters. The van der Waals surface area contributed by atoms with Gasteiger partial charge in [-0.15, -0.1) is 10.2 Å². The maximum atomic E-state index is 12.1. The van der Waals surface area contributed by atoms with Crippen molar-refractivity contribution in [3.05, 3.63) is 5.01 Å². The maximum absolute atomic E-state index is 12.1. The SMILES string of the molecule is CCNc1nnc(C(=O)N(CC)CCOCC)s1. The highest BCUT2D eigenvalue weighted by atomic mass is 32.1. The molecule has 0 aliphatic carbocycles. The van der Waals surface area contributed by atoms with E-state index in [0.29, 0.717) is 36.4 Å². The Labute approximate surface area is 111 Å². The zero-order valence-corrected chi connectivity index (χ0v) is 11.9. The number of hydrogen-bond donors (Lipinski definition) is 1. The molecule has 6 nitrogen and oxygen atoms in total. The quantitative estimate of drug-likeness (QED) is 0.726. The third-order valence-electron chi connectivity index (χ3n) is 2.31. The van der Waals surface area contributed by atoms with Gasteiger partial charge in [0.1, 0.15) is 0 Å². The van der Waals surface area contributed by atoms with Crippen molar-refractivity contribution >= 4 is 22.4 Å². The van der Waals surface area contributed by atoms with Crippen LogP contribution in [-0.2, 0) is 4.74 Å². The second-order valence-electron chi connectivity index (χ2n) is 3.52. The number of nitrogens with zero attached hydrogens (tertiary/aromatic N) is 3. The highest BCUT2D eigenvalue weighted by Crippen LogP contribution is 2.16. The molecule has 0 aliphatic rings. The Hall–Kier alpha value is -1.21. The highest BCUT2D eigenvalue weighted by Gasteiger charge is 2.18. The molecule has 0 saturated heterocycles. The number of aromatic nitrogens is 2. The van der Waals surface area contributed by atoms with Crippen molar-refractivity contribution in [2.24, 2.45) is 0 Å². The van der Waals surface area contributed by atoms with Gasteiger partial charge < -0.3 is 15.0 Å². The molecule has 0 saturated carbocycles. The van der Waals surface area contributed by atoms with Crippen LogP contribution in [0, 0.1) is 0 Å². The lowest BCUT2D eigenvalue weighted by Crippen LogP contribution is -2.33. The van der Waals surface area contributed by atoms with E-state index in [9.17, 15) is 4.79 Å². The molecule has 0 spiro atoms. The molecule has 1 N–H and O–H groups in total. The van der Waals surface area contributed by atoms with E-state index in [1.807, 2.05) is 20.8 Å². The molecule has 102 valence electrons. The van der Waals surface area contributed by atoms with Gasteiger partial charge >= 0.3 is 0 Å². The van der Waals surface area contributed by atoms with E-state index in [0.717, 1.165) is 6.54 Å². The monoisotopic (exact) mass is 272 g/mol. The molecule has 1 rings (SSSR count). The molecular weight excluding hydrogens is 252 g/mol. The molecular formula is C11H20N4O2S. The zero-order chi connectivity index (χ0) is 13.4. The first-order chi connectivity index (χ1) is 8.72. The minimum absolute atomic E-state index is 0.0844. The van der Waals surface area contributed by atoms with Crippen molar-refractivity contribution in [3.8, 4) is 0 Å². The van der Waals surface area contributed by atoms with E-state index < -0.39 is 0 Å². The number of carbonyl (C=O) groups excluding carboxylic acids is 1. The first-order valence-electron chi connectivity index (χ1n) is 6.17. The average Bonchev–Trinajstić information content (AvgIpc) is 2.83. The molecule has 1 amide bonds. The smallest absolute Gasteiger partial charge is 0.284 e. The number of carbonyl (C=O) groups is 1. The van der Waals surface area contributed by atoms with Crippen molar-refractivity contribution in [1.82, 2.24) is 15.1 Å². The Kier molecular flexibility index (Phi) is 6.59. The van der Waals surface area contributed by atoms with Crippen LogP contribution in [0.1, 0.15) is 30.6 Å². The normalized spacial score (nSPS) is 10.4. The summed E-state index contributed by atoms with van der Waals surface area (Å²) in [5, 5.41) is 12.0. The Morgan fingerprint density at radius 3 is 2.78 bits per heavy atom. The van der Waals surface area contributed by atoms with Crippen LogP contribution in [0.25, 0.3) is 0 Å². The molecule has 0 atom stereocenters. The van der Waals surface area contributed by atoms with Gasteiger partial charge in [0.25, 0.3) is 5.91 Å². The molecule has 18 heavy (non-hydrogen) atoms. The summed E-state index contributed by atoms with van der Waals surface area (Å²) < 4.78 is 5.26. The fourth-order valence-corrected chi connectivity index (χ4v) is 2.17. The van der Waals surface area contributed by atoms with Gasteiger partial charge in [0.2, 0.25) is 10.1 Å². The Morgan fingerprint density at radius 2 is 2.17 bits per heavy atom. The third-order valence-corrected chi connectivity index (χ3v) is 3.18. The summed E-state index contributed by atoms with van der Waals surface area (Å²) in [5.41, 5.74) is 0. The number of likely N-dealkylation sites (N-methyl/N-ethyl adjacent to an activating group) is 1. The Bertz CT molecular complexity index is 370. The van der Waals surface area contributed by atoms with Gasteiger partial charge in [0.05, 0.1) is 6.61 Å². The van der Waals surface area contributed by atoms with Gasteiger partial charge in [0.15, 0.2) is 0 Å². The predicted octanol–water partition coefficient (Wildman–Crippen LogP) is 1.47. The minimum Gasteiger partial charge on any atom is -0.380 e. The fourth-order valence-electron chi connectivity index (χ4n) is 1.39. The highest BCUT2D eigenvalue weighted by molar-refractivity contribution is 7.17. The lowest BCUT2D eigenvalue weighted by molar-refractivity contribution is 0.0668. The van der Waals surface area contributed by atoms with Crippen LogP contribution in [0.4, 0.5) is 5.13 Å². The molecule has 0 bridgehead atoms. The number of anilines is 1. The van der Waals surface area contributed by atoms with Crippen LogP contribution in [0.5, 0.6) is 0 Å². The summed E-state index contributed by atoms with van der Waals surface area (Å²) in [6.45, 7) is 9.06. The van der Waals surface area contributed by atoms with Crippen LogP contribution in [-0.4, -0.2) is 53.9 Å². The minimum atomic E-state index is -0.0844. The summed E-state index contributed by atoms with van der Waals surface area (Å²) in [6.07, 6.45) is 0. The molecule has 0 aliphatic heterocycles. The van der Waals surface area contributed by atoms with Gasteiger partial charge in [0, 0.05) is 26.2 Å². The largest absolute Gasteiger partial charge is 0.380 e. The summed E-state index contributed by atoms with van der Waals surface area (Å²) in [4.78, 5) is 13.9. The van der Waals surface area contributed by atoms with Crippen molar-refractivity contribution in [2.75, 3.05) is 38.2 Å². The first kappa shape index (κ1) is 14.8. The standard InChI is InChI=1S/C11H20N4O2S/c1-4-12-11-14-13-9(18-11)10(16)15(5-2)7-8-17-6-3/h4-8H2,1-3H3,(H,12,14). The van der Waals surface area contributed by atoms with Crippen molar-refractivity contribution in [2.45, 2.75) is 20.8 Å². The number of rotatable bonds is 8. The molecule has 1 aromatic heterocycles. The number of hydrogen-bond acceptors (Lipinski definition) is 6. The molecule has 1 aromatic rings. The Morgan fingerprint density at radius 1 is 1.39 bits per heavy atom.